The Hall–Kier alpha value is -4.11. The van der Waals surface area contributed by atoms with Crippen LogP contribution in [-0.4, -0.2) is 27.9 Å². The van der Waals surface area contributed by atoms with E-state index in [9.17, 15) is 23.5 Å². The van der Waals surface area contributed by atoms with E-state index in [2.05, 4.69) is 4.98 Å². The summed E-state index contributed by atoms with van der Waals surface area (Å²) in [6.45, 7) is 5.59. The fraction of sp³-hybridized carbons (Fsp3) is 0.179. The Labute approximate surface area is 215 Å². The van der Waals surface area contributed by atoms with Gasteiger partial charge in [-0.2, -0.15) is 0 Å². The van der Waals surface area contributed by atoms with Crippen LogP contribution in [0.1, 0.15) is 36.6 Å². The van der Waals surface area contributed by atoms with Crippen LogP contribution in [0.2, 0.25) is 0 Å². The second kappa shape index (κ2) is 9.40. The summed E-state index contributed by atoms with van der Waals surface area (Å²) in [5.41, 5.74) is 1.48. The van der Waals surface area contributed by atoms with Crippen LogP contribution in [-0.2, 0) is 9.59 Å². The number of thiazole rings is 1. The number of halogens is 2. The minimum atomic E-state index is -1.04. The number of anilines is 1. The van der Waals surface area contributed by atoms with Crippen LogP contribution in [0.3, 0.4) is 0 Å². The summed E-state index contributed by atoms with van der Waals surface area (Å²) in [5.74, 6) is -3.37. The van der Waals surface area contributed by atoms with Gasteiger partial charge in [0.2, 0.25) is 0 Å². The van der Waals surface area contributed by atoms with E-state index < -0.39 is 29.4 Å². The number of Topliss-reactive ketones (excluding diaryl/α,β-unsaturated/α-hetero) is 1. The Balaban J connectivity index is 1.72. The first-order chi connectivity index (χ1) is 17.6. The van der Waals surface area contributed by atoms with E-state index in [1.807, 2.05) is 26.8 Å². The van der Waals surface area contributed by atoms with Gasteiger partial charge in [-0.3, -0.25) is 14.5 Å². The van der Waals surface area contributed by atoms with Gasteiger partial charge in [-0.1, -0.05) is 53.3 Å². The molecule has 188 valence electrons. The molecule has 37 heavy (non-hydrogen) atoms. The quantitative estimate of drug-likeness (QED) is 0.190. The average molecular weight is 521 g/mol. The van der Waals surface area contributed by atoms with Gasteiger partial charge in [-0.05, 0) is 44.5 Å². The fourth-order valence-corrected chi connectivity index (χ4v) is 5.41. The fourth-order valence-electron chi connectivity index (χ4n) is 4.38. The summed E-state index contributed by atoms with van der Waals surface area (Å²) in [7, 11) is 0. The Kier molecular flexibility index (Phi) is 6.25. The molecule has 1 saturated heterocycles. The predicted molar refractivity (Wildman–Crippen MR) is 138 cm³/mol. The molecule has 0 bridgehead atoms. The smallest absolute Gasteiger partial charge is 0.301 e. The lowest BCUT2D eigenvalue weighted by Gasteiger charge is -2.23. The number of benzene rings is 3. The third-order valence-corrected chi connectivity index (χ3v) is 6.89. The molecule has 1 aromatic heterocycles. The lowest BCUT2D eigenvalue weighted by atomic mass is 9.94. The average Bonchev–Trinajstić information content (AvgIpc) is 3.37. The number of carbonyl (C=O) groups is 2. The van der Waals surface area contributed by atoms with Crippen molar-refractivity contribution in [3.05, 3.63) is 94.6 Å². The summed E-state index contributed by atoms with van der Waals surface area (Å²) >= 11 is 0.888. The van der Waals surface area contributed by atoms with Crippen LogP contribution in [0.15, 0.2) is 66.2 Å². The van der Waals surface area contributed by atoms with Crippen molar-refractivity contribution in [2.45, 2.75) is 32.9 Å². The Morgan fingerprint density at radius 3 is 2.57 bits per heavy atom. The van der Waals surface area contributed by atoms with Gasteiger partial charge in [0.25, 0.3) is 5.78 Å². The number of amides is 1. The van der Waals surface area contributed by atoms with Crippen molar-refractivity contribution >= 4 is 44.1 Å². The normalized spacial score (nSPS) is 17.2. The van der Waals surface area contributed by atoms with Crippen molar-refractivity contribution < 1.29 is 28.2 Å². The number of hydrogen-bond acceptors (Lipinski definition) is 6. The molecule has 0 aliphatic carbocycles. The number of ketones is 1. The number of fused-ring (bicyclic) bond motifs is 1. The second-order valence-electron chi connectivity index (χ2n) is 9.01. The lowest BCUT2D eigenvalue weighted by Crippen LogP contribution is -2.29. The largest absolute Gasteiger partial charge is 0.507 e. The summed E-state index contributed by atoms with van der Waals surface area (Å²) < 4.78 is 34.2. The van der Waals surface area contributed by atoms with Crippen LogP contribution in [0.5, 0.6) is 5.75 Å². The van der Waals surface area contributed by atoms with Crippen LogP contribution < -0.4 is 9.64 Å². The van der Waals surface area contributed by atoms with E-state index in [-0.39, 0.29) is 32.8 Å². The number of carbonyl (C=O) groups excluding carboxylic acids is 2. The number of ether oxygens (including phenoxy) is 1. The Morgan fingerprint density at radius 2 is 1.84 bits per heavy atom. The highest BCUT2D eigenvalue weighted by atomic mass is 32.1. The van der Waals surface area contributed by atoms with E-state index in [0.717, 1.165) is 27.9 Å². The van der Waals surface area contributed by atoms with Gasteiger partial charge >= 0.3 is 5.91 Å². The number of rotatable bonds is 5. The first-order valence-corrected chi connectivity index (χ1v) is 12.4. The zero-order chi connectivity index (χ0) is 26.4. The molecule has 1 fully saturated rings. The van der Waals surface area contributed by atoms with Crippen molar-refractivity contribution in [1.82, 2.24) is 4.98 Å². The van der Waals surface area contributed by atoms with Gasteiger partial charge < -0.3 is 9.84 Å². The van der Waals surface area contributed by atoms with Gasteiger partial charge in [0.05, 0.1) is 22.4 Å². The molecule has 4 aromatic rings. The standard InChI is InChI=1S/C28H22F2N2O4S/c1-14(2)36-19-9-5-8-17(11-19)25(33)22-24(16-7-4-6-15(3)10-16)32(27(35)26(22)34)28-31-23-20(30)12-18(29)13-21(23)37-28/h4-14,24,33H,1-3H3/b25-22+. The van der Waals surface area contributed by atoms with Gasteiger partial charge in [0.1, 0.15) is 22.8 Å². The first kappa shape index (κ1) is 24.6. The first-order valence-electron chi connectivity index (χ1n) is 11.5. The van der Waals surface area contributed by atoms with Gasteiger partial charge in [-0.25, -0.2) is 13.8 Å². The van der Waals surface area contributed by atoms with E-state index >= 15 is 0 Å². The highest BCUT2D eigenvalue weighted by molar-refractivity contribution is 7.22. The topological polar surface area (TPSA) is 79.7 Å². The van der Waals surface area contributed by atoms with E-state index in [0.29, 0.717) is 22.9 Å². The predicted octanol–water partition coefficient (Wildman–Crippen LogP) is 6.30. The maximum atomic E-state index is 14.4. The molecule has 1 atom stereocenters. The number of aromatic nitrogens is 1. The molecule has 2 heterocycles. The molecular formula is C28H22F2N2O4S. The lowest BCUT2D eigenvalue weighted by molar-refractivity contribution is -0.132. The van der Waals surface area contributed by atoms with Crippen LogP contribution >= 0.6 is 11.3 Å². The van der Waals surface area contributed by atoms with Crippen molar-refractivity contribution in [2.24, 2.45) is 0 Å². The molecule has 1 N–H and O–H groups in total. The maximum Gasteiger partial charge on any atom is 0.301 e. The minimum absolute atomic E-state index is 0.0176. The third-order valence-electron chi connectivity index (χ3n) is 5.89. The monoisotopic (exact) mass is 520 g/mol. The van der Waals surface area contributed by atoms with Crippen LogP contribution in [0.4, 0.5) is 13.9 Å². The van der Waals surface area contributed by atoms with Gasteiger partial charge in [0.15, 0.2) is 10.9 Å². The maximum absolute atomic E-state index is 14.4. The number of aryl methyl sites for hydroxylation is 1. The summed E-state index contributed by atoms with van der Waals surface area (Å²) in [4.78, 5) is 32.1. The van der Waals surface area contributed by atoms with E-state index in [1.165, 1.54) is 0 Å². The number of hydrogen-bond donors (Lipinski definition) is 1. The zero-order valence-corrected chi connectivity index (χ0v) is 21.0. The molecule has 1 aliphatic heterocycles. The van der Waals surface area contributed by atoms with Crippen LogP contribution in [0, 0.1) is 18.6 Å². The van der Waals surface area contributed by atoms with E-state index in [4.69, 9.17) is 4.74 Å². The molecule has 5 rings (SSSR count). The molecule has 1 amide bonds. The number of aliphatic hydroxyl groups excluding tert-OH is 1. The third kappa shape index (κ3) is 4.46. The van der Waals surface area contributed by atoms with Gasteiger partial charge in [-0.15, -0.1) is 0 Å². The molecule has 1 aliphatic rings. The molecule has 0 radical (unpaired) electrons. The second-order valence-corrected chi connectivity index (χ2v) is 10.0. The van der Waals surface area contributed by atoms with Crippen molar-refractivity contribution in [3.63, 3.8) is 0 Å². The molecule has 0 spiro atoms. The molecule has 6 nitrogen and oxygen atoms in total. The molecule has 1 unspecified atom stereocenters. The van der Waals surface area contributed by atoms with Gasteiger partial charge in [0, 0.05) is 11.6 Å². The highest BCUT2D eigenvalue weighted by Crippen LogP contribution is 2.45. The zero-order valence-electron chi connectivity index (χ0n) is 20.2. The van der Waals surface area contributed by atoms with Crippen LogP contribution in [0.25, 0.3) is 16.0 Å². The number of nitrogens with zero attached hydrogens (tertiary/aromatic N) is 2. The Bertz CT molecular complexity index is 1590. The van der Waals surface area contributed by atoms with E-state index in [1.54, 1.807) is 42.5 Å². The molecule has 0 saturated carbocycles. The molecule has 9 heteroatoms. The van der Waals surface area contributed by atoms with Crippen molar-refractivity contribution in [1.29, 1.82) is 0 Å². The number of aliphatic hydroxyl groups is 1. The highest BCUT2D eigenvalue weighted by Gasteiger charge is 2.48. The SMILES string of the molecule is Cc1cccc(C2/C(=C(\O)c3cccc(OC(C)C)c3)C(=O)C(=O)N2c2nc3c(F)cc(F)cc3s2)c1. The summed E-state index contributed by atoms with van der Waals surface area (Å²) in [6.07, 6.45) is -0.112. The minimum Gasteiger partial charge on any atom is -0.507 e. The summed E-state index contributed by atoms with van der Waals surface area (Å²) in [6, 6.07) is 14.6. The summed E-state index contributed by atoms with van der Waals surface area (Å²) in [5, 5.41) is 11.4. The Morgan fingerprint density at radius 1 is 1.08 bits per heavy atom. The van der Waals surface area contributed by atoms with Crippen molar-refractivity contribution in [2.75, 3.05) is 4.90 Å². The van der Waals surface area contributed by atoms with Crippen molar-refractivity contribution in [3.8, 4) is 5.75 Å². The molecular weight excluding hydrogens is 498 g/mol. The molecule has 3 aromatic carbocycles.